The average molecular weight is 171 g/mol. The van der Waals surface area contributed by atoms with Crippen molar-refractivity contribution < 1.29 is 9.53 Å². The van der Waals surface area contributed by atoms with E-state index < -0.39 is 5.97 Å². The van der Waals surface area contributed by atoms with Crippen LogP contribution in [0, 0.1) is 0 Å². The van der Waals surface area contributed by atoms with Crippen molar-refractivity contribution in [2.75, 3.05) is 13.2 Å². The van der Waals surface area contributed by atoms with E-state index in [9.17, 15) is 4.79 Å². The van der Waals surface area contributed by atoms with Gasteiger partial charge in [0.25, 0.3) is 0 Å². The number of esters is 1. The van der Waals surface area contributed by atoms with E-state index in [1.165, 1.54) is 0 Å². The van der Waals surface area contributed by atoms with Gasteiger partial charge in [-0.2, -0.15) is 5.21 Å². The highest BCUT2D eigenvalue weighted by molar-refractivity contribution is 5.71. The number of tetrazole rings is 1. The van der Waals surface area contributed by atoms with Crippen molar-refractivity contribution in [2.45, 2.75) is 6.42 Å². The van der Waals surface area contributed by atoms with Gasteiger partial charge in [-0.3, -0.25) is 4.79 Å². The third-order valence-electron chi connectivity index (χ3n) is 1.14. The summed E-state index contributed by atoms with van der Waals surface area (Å²) in [6.45, 7) is 0.127. The molecule has 0 atom stereocenters. The fourth-order valence-electron chi connectivity index (χ4n) is 0.603. The molecule has 0 amide bonds. The molecular formula is C5H9N5O2. The molecule has 0 saturated heterocycles. The fraction of sp³-hybridized carbons (Fsp3) is 0.600. The van der Waals surface area contributed by atoms with E-state index in [0.717, 1.165) is 0 Å². The molecule has 7 heteroatoms. The molecule has 1 heterocycles. The van der Waals surface area contributed by atoms with Crippen LogP contribution in [-0.4, -0.2) is 39.7 Å². The molecule has 1 aromatic heterocycles. The third-order valence-corrected chi connectivity index (χ3v) is 1.14. The van der Waals surface area contributed by atoms with Gasteiger partial charge in [0.05, 0.1) is 13.2 Å². The van der Waals surface area contributed by atoms with Gasteiger partial charge in [-0.05, 0) is 0 Å². The van der Waals surface area contributed by atoms with Crippen molar-refractivity contribution in [1.29, 1.82) is 0 Å². The molecule has 7 nitrogen and oxygen atoms in total. The monoisotopic (exact) mass is 171 g/mol. The zero-order valence-corrected chi connectivity index (χ0v) is 6.36. The zero-order valence-electron chi connectivity index (χ0n) is 6.36. The summed E-state index contributed by atoms with van der Waals surface area (Å²) in [6, 6.07) is 0. The van der Waals surface area contributed by atoms with Gasteiger partial charge in [-0.1, -0.05) is 5.21 Å². The Bertz CT molecular complexity index is 234. The summed E-state index contributed by atoms with van der Waals surface area (Å²) in [7, 11) is 0. The smallest absolute Gasteiger partial charge is 0.319 e. The lowest BCUT2D eigenvalue weighted by Gasteiger charge is -1.98. The van der Waals surface area contributed by atoms with Gasteiger partial charge >= 0.3 is 5.97 Å². The Morgan fingerprint density at radius 1 is 1.67 bits per heavy atom. The number of hydrogen-bond donors (Lipinski definition) is 2. The molecular weight excluding hydrogens is 162 g/mol. The summed E-state index contributed by atoms with van der Waals surface area (Å²) < 4.78 is 4.68. The first-order valence-corrected chi connectivity index (χ1v) is 3.41. The third kappa shape index (κ3) is 2.62. The zero-order chi connectivity index (χ0) is 8.81. The number of ether oxygens (including phenoxy) is 1. The minimum absolute atomic E-state index is 0.105. The Hall–Kier alpha value is -1.50. The van der Waals surface area contributed by atoms with Crippen molar-refractivity contribution in [3.63, 3.8) is 0 Å². The molecule has 0 aliphatic rings. The largest absolute Gasteiger partial charge is 0.464 e. The first-order valence-electron chi connectivity index (χ1n) is 3.41. The summed E-state index contributed by atoms with van der Waals surface area (Å²) >= 11 is 0. The van der Waals surface area contributed by atoms with Crippen molar-refractivity contribution in [2.24, 2.45) is 5.73 Å². The predicted octanol–water partition coefficient (Wildman–Crippen LogP) is -1.76. The minimum atomic E-state index is -0.432. The lowest BCUT2D eigenvalue weighted by atomic mass is 10.4. The molecule has 66 valence electrons. The molecule has 0 aliphatic carbocycles. The molecule has 0 radical (unpaired) electrons. The van der Waals surface area contributed by atoms with Crippen LogP contribution in [0.15, 0.2) is 0 Å². The number of aromatic nitrogens is 4. The van der Waals surface area contributed by atoms with Gasteiger partial charge in [-0.25, -0.2) is 0 Å². The highest BCUT2D eigenvalue weighted by Gasteiger charge is 2.01. The van der Waals surface area contributed by atoms with Gasteiger partial charge in [0.15, 0.2) is 5.82 Å². The number of nitrogens with zero attached hydrogens (tertiary/aromatic N) is 3. The molecule has 0 aliphatic heterocycles. The summed E-state index contributed by atoms with van der Waals surface area (Å²) in [5.41, 5.74) is 5.01. The Labute approximate surface area is 68.3 Å². The van der Waals surface area contributed by atoms with Gasteiger partial charge in [-0.15, -0.1) is 10.2 Å². The molecule has 3 N–H and O–H groups in total. The Balaban J connectivity index is 2.15. The number of hydrogen-bond acceptors (Lipinski definition) is 6. The summed E-state index contributed by atoms with van der Waals surface area (Å²) in [5.74, 6) is 0.0818. The van der Waals surface area contributed by atoms with E-state index in [0.29, 0.717) is 12.2 Å². The number of carbonyl (C=O) groups is 1. The number of nitrogens with two attached hydrogens (primary N) is 1. The molecule has 0 spiro atoms. The van der Waals surface area contributed by atoms with Crippen LogP contribution in [0.1, 0.15) is 5.82 Å². The lowest BCUT2D eigenvalue weighted by molar-refractivity contribution is -0.141. The highest BCUT2D eigenvalue weighted by Crippen LogP contribution is 1.86. The van der Waals surface area contributed by atoms with Gasteiger partial charge in [0.1, 0.15) is 0 Å². The number of aromatic amines is 1. The standard InChI is InChI=1S/C5H9N5O2/c6-3-5(11)12-2-1-4-7-9-10-8-4/h1-3,6H2,(H,7,8,9,10). The molecule has 1 rings (SSSR count). The van der Waals surface area contributed by atoms with Crippen LogP contribution in [0.3, 0.4) is 0 Å². The molecule has 0 saturated carbocycles. The average Bonchev–Trinajstić information content (AvgIpc) is 2.57. The Kier molecular flexibility index (Phi) is 3.15. The molecule has 0 aromatic carbocycles. The summed E-state index contributed by atoms with van der Waals surface area (Å²) in [6.07, 6.45) is 0.447. The van der Waals surface area contributed by atoms with Crippen molar-refractivity contribution >= 4 is 5.97 Å². The molecule has 0 bridgehead atoms. The van der Waals surface area contributed by atoms with Crippen LogP contribution >= 0.6 is 0 Å². The van der Waals surface area contributed by atoms with E-state index in [1.54, 1.807) is 0 Å². The van der Waals surface area contributed by atoms with Gasteiger partial charge < -0.3 is 10.5 Å². The SMILES string of the molecule is NCC(=O)OCCc1nn[nH]n1. The number of carbonyl (C=O) groups excluding carboxylic acids is 1. The number of nitrogens with one attached hydrogen (secondary N) is 1. The maximum absolute atomic E-state index is 10.5. The van der Waals surface area contributed by atoms with E-state index in [-0.39, 0.29) is 13.2 Å². The maximum atomic E-state index is 10.5. The van der Waals surface area contributed by atoms with Crippen LogP contribution in [0.2, 0.25) is 0 Å². The normalized spacial score (nSPS) is 9.75. The summed E-state index contributed by atoms with van der Waals surface area (Å²) in [5, 5.41) is 13.0. The van der Waals surface area contributed by atoms with E-state index in [2.05, 4.69) is 25.4 Å². The second-order valence-corrected chi connectivity index (χ2v) is 2.00. The minimum Gasteiger partial charge on any atom is -0.464 e. The van der Waals surface area contributed by atoms with Crippen LogP contribution in [0.5, 0.6) is 0 Å². The second-order valence-electron chi connectivity index (χ2n) is 2.00. The van der Waals surface area contributed by atoms with Crippen LogP contribution in [-0.2, 0) is 16.0 Å². The highest BCUT2D eigenvalue weighted by atomic mass is 16.5. The van der Waals surface area contributed by atoms with Crippen LogP contribution < -0.4 is 5.73 Å². The van der Waals surface area contributed by atoms with E-state index in [4.69, 9.17) is 5.73 Å². The Morgan fingerprint density at radius 2 is 2.50 bits per heavy atom. The van der Waals surface area contributed by atoms with Crippen molar-refractivity contribution in [3.8, 4) is 0 Å². The predicted molar refractivity (Wildman–Crippen MR) is 37.9 cm³/mol. The van der Waals surface area contributed by atoms with Crippen LogP contribution in [0.4, 0.5) is 0 Å². The number of H-pyrrole nitrogens is 1. The second kappa shape index (κ2) is 4.39. The van der Waals surface area contributed by atoms with Gasteiger partial charge in [0, 0.05) is 6.42 Å². The molecule has 1 aromatic rings. The van der Waals surface area contributed by atoms with Crippen LogP contribution in [0.25, 0.3) is 0 Å². The first kappa shape index (κ1) is 8.60. The lowest BCUT2D eigenvalue weighted by Crippen LogP contribution is -2.18. The fourth-order valence-corrected chi connectivity index (χ4v) is 0.603. The van der Waals surface area contributed by atoms with E-state index in [1.807, 2.05) is 0 Å². The molecule has 0 unspecified atom stereocenters. The topological polar surface area (TPSA) is 107 Å². The Morgan fingerprint density at radius 3 is 3.08 bits per heavy atom. The maximum Gasteiger partial charge on any atom is 0.319 e. The first-order chi connectivity index (χ1) is 5.83. The van der Waals surface area contributed by atoms with E-state index >= 15 is 0 Å². The summed E-state index contributed by atoms with van der Waals surface area (Å²) in [4.78, 5) is 10.5. The number of rotatable bonds is 4. The molecule has 0 fully saturated rings. The molecule has 12 heavy (non-hydrogen) atoms. The van der Waals surface area contributed by atoms with Crippen molar-refractivity contribution in [3.05, 3.63) is 5.82 Å². The quantitative estimate of drug-likeness (QED) is 0.520. The van der Waals surface area contributed by atoms with Crippen molar-refractivity contribution in [1.82, 2.24) is 20.6 Å². The van der Waals surface area contributed by atoms with Gasteiger partial charge in [0.2, 0.25) is 0 Å².